The lowest BCUT2D eigenvalue weighted by molar-refractivity contribution is 0.586. The summed E-state index contributed by atoms with van der Waals surface area (Å²) in [4.78, 5) is 0. The molecule has 1 N–H and O–H groups in total. The molecule has 2 aromatic carbocycles. The van der Waals surface area contributed by atoms with Crippen molar-refractivity contribution in [1.29, 1.82) is 0 Å². The van der Waals surface area contributed by atoms with Gasteiger partial charge >= 0.3 is 0 Å². The van der Waals surface area contributed by atoms with Crippen molar-refractivity contribution in [2.45, 2.75) is 49.0 Å². The van der Waals surface area contributed by atoms with Crippen LogP contribution in [0.3, 0.4) is 0 Å². The number of nitrogens with zero attached hydrogens (tertiary/aromatic N) is 1. The Balaban J connectivity index is 0.000000487. The van der Waals surface area contributed by atoms with Gasteiger partial charge in [0, 0.05) is 23.2 Å². The van der Waals surface area contributed by atoms with E-state index in [-0.39, 0.29) is 7.43 Å². The van der Waals surface area contributed by atoms with Crippen LogP contribution in [0.2, 0.25) is 0 Å². The van der Waals surface area contributed by atoms with Crippen molar-refractivity contribution in [1.82, 2.24) is 0 Å². The molecule has 5 heteroatoms. The van der Waals surface area contributed by atoms with Gasteiger partial charge in [-0.1, -0.05) is 71.5 Å². The Kier molecular flexibility index (Phi) is 12.1. The predicted molar refractivity (Wildman–Crippen MR) is 148 cm³/mol. The number of hydrogen-bond acceptors (Lipinski definition) is 2. The Morgan fingerprint density at radius 3 is 1.84 bits per heavy atom. The van der Waals surface area contributed by atoms with Crippen LogP contribution in [0.4, 0.5) is 11.4 Å². The van der Waals surface area contributed by atoms with Crippen molar-refractivity contribution in [2.24, 2.45) is 4.74 Å². The molecule has 0 spiro atoms. The summed E-state index contributed by atoms with van der Waals surface area (Å²) in [5, 5.41) is 5.45. The SMILES string of the molecule is C.CC.CC.CC1=Cc2ccccc2N=P1(C)C.CC1=Cc2ccccc2NP1(C)=O. The fourth-order valence-corrected chi connectivity index (χ4v) is 5.38. The van der Waals surface area contributed by atoms with E-state index >= 15 is 0 Å². The van der Waals surface area contributed by atoms with Crippen LogP contribution in [0.15, 0.2) is 63.9 Å². The average Bonchev–Trinajstić information content (AvgIpc) is 2.73. The molecule has 1 atom stereocenters. The summed E-state index contributed by atoms with van der Waals surface area (Å²) in [5.74, 6) is 0. The first-order valence-corrected chi connectivity index (χ1v) is 15.5. The molecule has 0 amide bonds. The summed E-state index contributed by atoms with van der Waals surface area (Å²) < 4.78 is 16.7. The van der Waals surface area contributed by atoms with Gasteiger partial charge < -0.3 is 5.09 Å². The van der Waals surface area contributed by atoms with E-state index in [2.05, 4.69) is 55.7 Å². The molecule has 1 unspecified atom stereocenters. The highest BCUT2D eigenvalue weighted by Gasteiger charge is 2.22. The van der Waals surface area contributed by atoms with Gasteiger partial charge in [0.1, 0.15) is 0 Å². The molecule has 2 aliphatic rings. The topological polar surface area (TPSA) is 41.5 Å². The lowest BCUT2D eigenvalue weighted by Crippen LogP contribution is -2.02. The average molecular weight is 461 g/mol. The zero-order valence-electron chi connectivity index (χ0n) is 20.0. The minimum absolute atomic E-state index is 0. The van der Waals surface area contributed by atoms with E-state index in [0.717, 1.165) is 22.3 Å². The zero-order chi connectivity index (χ0) is 22.9. The van der Waals surface area contributed by atoms with Crippen LogP contribution < -0.4 is 5.09 Å². The standard InChI is InChI=1S/C11H14NP.C10H12NOP.2C2H6.CH4/c1-9-8-10-6-4-5-7-11(10)12-13(9,2)3;1-8-7-9-5-3-4-6-10(9)11-13(8,2)12;2*1-2;/h4-8H,1-3H3;3-7H,1-2H3,(H,11,12);2*1-2H3;1H4. The first-order valence-electron chi connectivity index (χ1n) is 10.7. The summed E-state index contributed by atoms with van der Waals surface area (Å²) >= 11 is 0. The van der Waals surface area contributed by atoms with Crippen LogP contribution in [0, 0.1) is 0 Å². The smallest absolute Gasteiger partial charge is 0.191 e. The minimum atomic E-state index is -2.30. The van der Waals surface area contributed by atoms with Gasteiger partial charge in [0.2, 0.25) is 0 Å². The second-order valence-corrected chi connectivity index (χ2v) is 13.7. The van der Waals surface area contributed by atoms with E-state index in [1.165, 1.54) is 10.9 Å². The van der Waals surface area contributed by atoms with E-state index in [1.807, 2.05) is 65.0 Å². The van der Waals surface area contributed by atoms with Crippen molar-refractivity contribution in [3.8, 4) is 0 Å². The van der Waals surface area contributed by atoms with Crippen LogP contribution in [0.25, 0.3) is 12.2 Å². The first kappa shape index (κ1) is 29.2. The summed E-state index contributed by atoms with van der Waals surface area (Å²) in [6.07, 6.45) is 4.27. The minimum Gasteiger partial charge on any atom is -0.333 e. The van der Waals surface area contributed by atoms with Gasteiger partial charge in [0.15, 0.2) is 7.29 Å². The Morgan fingerprint density at radius 1 is 0.742 bits per heavy atom. The first-order chi connectivity index (χ1) is 14.2. The Labute approximate surface area is 191 Å². The molecule has 31 heavy (non-hydrogen) atoms. The van der Waals surface area contributed by atoms with Gasteiger partial charge in [-0.05, 0) is 69.4 Å². The van der Waals surface area contributed by atoms with Crippen LogP contribution in [-0.4, -0.2) is 20.0 Å². The molecule has 3 nitrogen and oxygen atoms in total. The van der Waals surface area contributed by atoms with Crippen LogP contribution >= 0.6 is 14.3 Å². The maximum atomic E-state index is 11.9. The number of anilines is 1. The van der Waals surface area contributed by atoms with Gasteiger partial charge in [-0.2, -0.15) is 0 Å². The molecule has 0 saturated heterocycles. The Morgan fingerprint density at radius 2 is 1.23 bits per heavy atom. The summed E-state index contributed by atoms with van der Waals surface area (Å²) in [6, 6.07) is 16.2. The molecule has 0 aromatic heterocycles. The molecule has 0 fully saturated rings. The van der Waals surface area contributed by atoms with Crippen molar-refractivity contribution in [3.05, 3.63) is 70.3 Å². The van der Waals surface area contributed by atoms with E-state index < -0.39 is 14.3 Å². The molecule has 4 rings (SSSR count). The normalized spacial score (nSPS) is 19.0. The van der Waals surface area contributed by atoms with Crippen LogP contribution in [0.1, 0.15) is 60.1 Å². The van der Waals surface area contributed by atoms with E-state index in [0.29, 0.717) is 0 Å². The predicted octanol–water partition coefficient (Wildman–Crippen LogP) is 10.2. The molecular weight excluding hydrogens is 418 g/mol. The maximum absolute atomic E-state index is 11.9. The second kappa shape index (κ2) is 12.9. The Hall–Kier alpha value is -1.82. The van der Waals surface area contributed by atoms with Crippen molar-refractivity contribution in [2.75, 3.05) is 25.1 Å². The highest BCUT2D eigenvalue weighted by molar-refractivity contribution is 7.69. The molecule has 0 bridgehead atoms. The fraction of sp³-hybridized carbons (Fsp3) is 0.385. The zero-order valence-corrected chi connectivity index (χ0v) is 21.8. The number of nitrogens with one attached hydrogen (secondary N) is 1. The Bertz CT molecular complexity index is 1010. The van der Waals surface area contributed by atoms with E-state index in [4.69, 9.17) is 4.74 Å². The number of benzene rings is 2. The van der Waals surface area contributed by atoms with Crippen molar-refractivity contribution >= 4 is 37.9 Å². The fourth-order valence-electron chi connectivity index (χ4n) is 2.82. The number of hydrogen-bond donors (Lipinski definition) is 1. The van der Waals surface area contributed by atoms with E-state index in [1.54, 1.807) is 6.66 Å². The lowest BCUT2D eigenvalue weighted by atomic mass is 10.2. The molecule has 0 saturated carbocycles. The maximum Gasteiger partial charge on any atom is 0.191 e. The largest absolute Gasteiger partial charge is 0.333 e. The number of para-hydroxylation sites is 1. The highest BCUT2D eigenvalue weighted by Crippen LogP contribution is 2.56. The molecule has 0 aliphatic carbocycles. The molecule has 2 heterocycles. The molecule has 0 radical (unpaired) electrons. The third kappa shape index (κ3) is 7.67. The summed E-state index contributed by atoms with van der Waals surface area (Å²) in [5.41, 5.74) is 4.51. The third-order valence-electron chi connectivity index (χ3n) is 4.85. The van der Waals surface area contributed by atoms with Gasteiger partial charge in [0.05, 0.1) is 5.69 Å². The number of rotatable bonds is 0. The van der Waals surface area contributed by atoms with Crippen molar-refractivity contribution in [3.63, 3.8) is 0 Å². The van der Waals surface area contributed by atoms with Gasteiger partial charge in [-0.25, -0.2) is 0 Å². The molecule has 2 aromatic rings. The number of allylic oxidation sites excluding steroid dienone is 2. The van der Waals surface area contributed by atoms with Gasteiger partial charge in [-0.15, -0.1) is 0 Å². The van der Waals surface area contributed by atoms with Crippen LogP contribution in [0.5, 0.6) is 0 Å². The quantitative estimate of drug-likeness (QED) is 0.397. The molecular formula is C26H42N2OP2. The summed E-state index contributed by atoms with van der Waals surface area (Å²) in [7, 11) is -3.47. The summed E-state index contributed by atoms with van der Waals surface area (Å²) in [6.45, 7) is 18.4. The lowest BCUT2D eigenvalue weighted by Gasteiger charge is -2.23. The molecule has 172 valence electrons. The molecule has 2 aliphatic heterocycles. The van der Waals surface area contributed by atoms with Crippen molar-refractivity contribution < 1.29 is 4.57 Å². The third-order valence-corrected chi connectivity index (χ3v) is 9.57. The van der Waals surface area contributed by atoms with Crippen LogP contribution in [-0.2, 0) is 4.57 Å². The van der Waals surface area contributed by atoms with Gasteiger partial charge in [0.25, 0.3) is 0 Å². The van der Waals surface area contributed by atoms with E-state index in [9.17, 15) is 4.57 Å². The second-order valence-electron chi connectivity index (χ2n) is 7.25. The monoisotopic (exact) mass is 460 g/mol. The van der Waals surface area contributed by atoms with Gasteiger partial charge in [-0.3, -0.25) is 9.31 Å². The number of fused-ring (bicyclic) bond motifs is 2. The highest BCUT2D eigenvalue weighted by atomic mass is 31.2.